The first-order chi connectivity index (χ1) is 9.52. The zero-order valence-electron chi connectivity index (χ0n) is 11.0. The second-order valence-electron chi connectivity index (χ2n) is 4.60. The minimum Gasteiger partial charge on any atom is -0.223 e. The van der Waals surface area contributed by atoms with Crippen LogP contribution in [0.25, 0.3) is 10.8 Å². The van der Waals surface area contributed by atoms with Crippen molar-refractivity contribution in [3.8, 4) is 6.07 Å². The van der Waals surface area contributed by atoms with Gasteiger partial charge in [0.2, 0.25) is 0 Å². The average molecular weight is 308 g/mol. The standard InChI is InChI=1S/C15H14ClNO2S/c1-11(8-9-16)20(18,19)15-7-6-12(10-17)13-4-2-3-5-14(13)15/h2-7,11H,8-9H2,1H3. The van der Waals surface area contributed by atoms with Crippen LogP contribution in [0.1, 0.15) is 18.9 Å². The molecule has 0 N–H and O–H groups in total. The predicted octanol–water partition coefficient (Wildman–Crippen LogP) is 3.50. The third kappa shape index (κ3) is 2.52. The van der Waals surface area contributed by atoms with E-state index in [0.29, 0.717) is 28.6 Å². The first-order valence-electron chi connectivity index (χ1n) is 6.24. The second kappa shape index (κ2) is 5.82. The van der Waals surface area contributed by atoms with Crippen molar-refractivity contribution in [3.63, 3.8) is 0 Å². The van der Waals surface area contributed by atoms with E-state index >= 15 is 0 Å². The number of benzene rings is 2. The quantitative estimate of drug-likeness (QED) is 0.812. The summed E-state index contributed by atoms with van der Waals surface area (Å²) in [6, 6.07) is 12.2. The van der Waals surface area contributed by atoms with Crippen LogP contribution in [0.5, 0.6) is 0 Å². The Morgan fingerprint density at radius 3 is 2.45 bits per heavy atom. The Morgan fingerprint density at radius 1 is 1.20 bits per heavy atom. The molecule has 1 unspecified atom stereocenters. The average Bonchev–Trinajstić information content (AvgIpc) is 2.46. The highest BCUT2D eigenvalue weighted by Gasteiger charge is 2.25. The highest BCUT2D eigenvalue weighted by Crippen LogP contribution is 2.29. The molecule has 0 aliphatic heterocycles. The zero-order chi connectivity index (χ0) is 14.8. The van der Waals surface area contributed by atoms with Crippen LogP contribution in [0.3, 0.4) is 0 Å². The molecule has 0 radical (unpaired) electrons. The Labute approximate surface area is 123 Å². The highest BCUT2D eigenvalue weighted by molar-refractivity contribution is 7.92. The van der Waals surface area contributed by atoms with Gasteiger partial charge in [0.15, 0.2) is 9.84 Å². The van der Waals surface area contributed by atoms with Crippen LogP contribution in [0.15, 0.2) is 41.3 Å². The number of hydrogen-bond donors (Lipinski definition) is 0. The van der Waals surface area contributed by atoms with Gasteiger partial charge >= 0.3 is 0 Å². The lowest BCUT2D eigenvalue weighted by Crippen LogP contribution is -2.18. The fraction of sp³-hybridized carbons (Fsp3) is 0.267. The molecule has 0 spiro atoms. The fourth-order valence-electron chi connectivity index (χ4n) is 2.14. The van der Waals surface area contributed by atoms with Gasteiger partial charge in [-0.1, -0.05) is 24.3 Å². The summed E-state index contributed by atoms with van der Waals surface area (Å²) in [7, 11) is -3.45. The van der Waals surface area contributed by atoms with Gasteiger partial charge in [-0.05, 0) is 25.5 Å². The van der Waals surface area contributed by atoms with Gasteiger partial charge in [-0.25, -0.2) is 8.42 Å². The summed E-state index contributed by atoms with van der Waals surface area (Å²) in [4.78, 5) is 0.268. The van der Waals surface area contributed by atoms with Crippen LogP contribution in [-0.4, -0.2) is 19.5 Å². The third-order valence-corrected chi connectivity index (χ3v) is 5.84. The minimum atomic E-state index is -3.45. The fourth-order valence-corrected chi connectivity index (χ4v) is 4.20. The van der Waals surface area contributed by atoms with Crippen molar-refractivity contribution in [1.29, 1.82) is 5.26 Å². The summed E-state index contributed by atoms with van der Waals surface area (Å²) >= 11 is 5.65. The summed E-state index contributed by atoms with van der Waals surface area (Å²) in [5, 5.41) is 9.81. The van der Waals surface area contributed by atoms with Crippen molar-refractivity contribution in [3.05, 3.63) is 42.0 Å². The van der Waals surface area contributed by atoms with E-state index < -0.39 is 15.1 Å². The summed E-state index contributed by atoms with van der Waals surface area (Å²) in [6.07, 6.45) is 0.401. The Balaban J connectivity index is 2.71. The number of alkyl halides is 1. The first-order valence-corrected chi connectivity index (χ1v) is 8.32. The second-order valence-corrected chi connectivity index (χ2v) is 7.31. The molecule has 5 heteroatoms. The number of nitriles is 1. The molecule has 1 atom stereocenters. The number of hydrogen-bond acceptors (Lipinski definition) is 3. The maximum absolute atomic E-state index is 12.6. The van der Waals surface area contributed by atoms with Crippen LogP contribution in [-0.2, 0) is 9.84 Å². The van der Waals surface area contributed by atoms with E-state index in [9.17, 15) is 8.42 Å². The van der Waals surface area contributed by atoms with Gasteiger partial charge in [0.1, 0.15) is 0 Å². The molecule has 2 aromatic rings. The molecule has 104 valence electrons. The summed E-state index contributed by atoms with van der Waals surface area (Å²) in [6.45, 7) is 1.66. The minimum absolute atomic E-state index is 0.268. The monoisotopic (exact) mass is 307 g/mol. The summed E-state index contributed by atoms with van der Waals surface area (Å²) in [5.41, 5.74) is 0.476. The van der Waals surface area contributed by atoms with Crippen LogP contribution < -0.4 is 0 Å². The Bertz CT molecular complexity index is 778. The Morgan fingerprint density at radius 2 is 1.85 bits per heavy atom. The smallest absolute Gasteiger partial charge is 0.181 e. The molecule has 0 saturated carbocycles. The van der Waals surface area contributed by atoms with Crippen LogP contribution in [0.2, 0.25) is 0 Å². The molecule has 0 saturated heterocycles. The van der Waals surface area contributed by atoms with Crippen LogP contribution >= 0.6 is 11.6 Å². The van der Waals surface area contributed by atoms with E-state index in [1.54, 1.807) is 37.3 Å². The van der Waals surface area contributed by atoms with E-state index in [-0.39, 0.29) is 4.90 Å². The molecule has 3 nitrogen and oxygen atoms in total. The van der Waals surface area contributed by atoms with Crippen molar-refractivity contribution in [2.24, 2.45) is 0 Å². The first kappa shape index (κ1) is 14.8. The van der Waals surface area contributed by atoms with Gasteiger partial charge in [-0.2, -0.15) is 5.26 Å². The van der Waals surface area contributed by atoms with E-state index in [1.807, 2.05) is 0 Å². The van der Waals surface area contributed by atoms with Gasteiger partial charge in [0.25, 0.3) is 0 Å². The van der Waals surface area contributed by atoms with Crippen molar-refractivity contribution >= 4 is 32.2 Å². The molecular weight excluding hydrogens is 294 g/mol. The maximum Gasteiger partial charge on any atom is 0.181 e. The number of fused-ring (bicyclic) bond motifs is 1. The molecule has 0 amide bonds. The van der Waals surface area contributed by atoms with Gasteiger partial charge in [-0.3, -0.25) is 0 Å². The number of halogens is 1. The lowest BCUT2D eigenvalue weighted by molar-refractivity contribution is 0.582. The lowest BCUT2D eigenvalue weighted by atomic mass is 10.1. The van der Waals surface area contributed by atoms with Crippen molar-refractivity contribution in [2.75, 3.05) is 5.88 Å². The predicted molar refractivity (Wildman–Crippen MR) is 80.6 cm³/mol. The molecule has 20 heavy (non-hydrogen) atoms. The maximum atomic E-state index is 12.6. The molecule has 0 aromatic heterocycles. The zero-order valence-corrected chi connectivity index (χ0v) is 12.6. The molecule has 2 rings (SSSR count). The van der Waals surface area contributed by atoms with Crippen molar-refractivity contribution in [1.82, 2.24) is 0 Å². The topological polar surface area (TPSA) is 57.9 Å². The van der Waals surface area contributed by atoms with E-state index in [2.05, 4.69) is 6.07 Å². The molecular formula is C15H14ClNO2S. The summed E-state index contributed by atoms with van der Waals surface area (Å²) < 4.78 is 25.2. The van der Waals surface area contributed by atoms with Crippen LogP contribution in [0, 0.1) is 11.3 Å². The van der Waals surface area contributed by atoms with E-state index in [0.717, 1.165) is 0 Å². The van der Waals surface area contributed by atoms with Crippen molar-refractivity contribution in [2.45, 2.75) is 23.5 Å². The van der Waals surface area contributed by atoms with Gasteiger partial charge in [-0.15, -0.1) is 11.6 Å². The van der Waals surface area contributed by atoms with Crippen molar-refractivity contribution < 1.29 is 8.42 Å². The number of sulfone groups is 1. The molecule has 0 fully saturated rings. The van der Waals surface area contributed by atoms with E-state index in [4.69, 9.17) is 16.9 Å². The molecule has 0 aliphatic carbocycles. The van der Waals surface area contributed by atoms with Gasteiger partial charge in [0.05, 0.1) is 21.8 Å². The molecule has 0 heterocycles. The molecule has 0 bridgehead atoms. The Hall–Kier alpha value is -1.57. The third-order valence-electron chi connectivity index (χ3n) is 3.36. The largest absolute Gasteiger partial charge is 0.223 e. The Kier molecular flexibility index (Phi) is 4.32. The number of rotatable bonds is 4. The van der Waals surface area contributed by atoms with Gasteiger partial charge in [0, 0.05) is 16.7 Å². The SMILES string of the molecule is CC(CCCl)S(=O)(=O)c1ccc(C#N)c2ccccc12. The molecule has 0 aliphatic rings. The van der Waals surface area contributed by atoms with Crippen LogP contribution in [0.4, 0.5) is 0 Å². The van der Waals surface area contributed by atoms with Gasteiger partial charge < -0.3 is 0 Å². The molecule has 2 aromatic carbocycles. The van der Waals surface area contributed by atoms with E-state index in [1.165, 1.54) is 6.07 Å². The lowest BCUT2D eigenvalue weighted by Gasteiger charge is -2.14. The normalized spacial score (nSPS) is 13.1. The number of nitrogens with zero attached hydrogens (tertiary/aromatic N) is 1. The highest BCUT2D eigenvalue weighted by atomic mass is 35.5. The summed E-state index contributed by atoms with van der Waals surface area (Å²) in [5.74, 6) is 0.300.